The van der Waals surface area contributed by atoms with E-state index in [-0.39, 0.29) is 16.4 Å². The fourth-order valence-corrected chi connectivity index (χ4v) is 1.33. The molecule has 0 saturated carbocycles. The summed E-state index contributed by atoms with van der Waals surface area (Å²) >= 11 is 5.60. The van der Waals surface area contributed by atoms with Crippen molar-refractivity contribution in [2.24, 2.45) is 0 Å². The lowest BCUT2D eigenvalue weighted by Gasteiger charge is -1.92. The second-order valence-electron chi connectivity index (χ2n) is 2.65. The minimum atomic E-state index is -1.21. The number of carboxylic acid groups (broad SMARTS) is 1. The maximum absolute atomic E-state index is 12.9. The van der Waals surface area contributed by atoms with Gasteiger partial charge in [0.15, 0.2) is 0 Å². The molecule has 2 rings (SSSR count). The van der Waals surface area contributed by atoms with Crippen LogP contribution in [0.25, 0.3) is 11.0 Å². The van der Waals surface area contributed by atoms with E-state index in [4.69, 9.17) is 16.7 Å². The molecule has 0 radical (unpaired) electrons. The van der Waals surface area contributed by atoms with Gasteiger partial charge >= 0.3 is 5.97 Å². The Balaban J connectivity index is 2.77. The van der Waals surface area contributed by atoms with Crippen molar-refractivity contribution < 1.29 is 14.3 Å². The number of hydrogen-bond acceptors (Lipinski definition) is 2. The summed E-state index contributed by atoms with van der Waals surface area (Å²) in [6.07, 6.45) is 0. The fourth-order valence-electron chi connectivity index (χ4n) is 1.12. The number of carbonyl (C=O) groups is 1. The zero-order chi connectivity index (χ0) is 10.3. The van der Waals surface area contributed by atoms with Crippen molar-refractivity contribution in [3.05, 3.63) is 28.8 Å². The van der Waals surface area contributed by atoms with Crippen LogP contribution in [0.1, 0.15) is 10.6 Å². The lowest BCUT2D eigenvalue weighted by atomic mass is 10.3. The third-order valence-electron chi connectivity index (χ3n) is 1.75. The van der Waals surface area contributed by atoms with E-state index in [1.165, 1.54) is 6.07 Å². The summed E-state index contributed by atoms with van der Waals surface area (Å²) in [4.78, 5) is 16.7. The number of benzene rings is 1. The van der Waals surface area contributed by atoms with Crippen LogP contribution in [0.15, 0.2) is 12.1 Å². The smallest absolute Gasteiger partial charge is 0.371 e. The SMILES string of the molecule is O=C(O)c1nc2ccc(F)c(Cl)c2[nH]1. The number of H-pyrrole nitrogens is 1. The van der Waals surface area contributed by atoms with Gasteiger partial charge in [-0.2, -0.15) is 0 Å². The number of imidazole rings is 1. The molecule has 2 aromatic rings. The van der Waals surface area contributed by atoms with Crippen LogP contribution in [0.2, 0.25) is 5.02 Å². The van der Waals surface area contributed by atoms with Gasteiger partial charge in [-0.05, 0) is 12.1 Å². The molecule has 0 fully saturated rings. The van der Waals surface area contributed by atoms with Crippen LogP contribution in [-0.2, 0) is 0 Å². The first-order valence-electron chi connectivity index (χ1n) is 3.66. The van der Waals surface area contributed by atoms with Gasteiger partial charge in [0.2, 0.25) is 5.82 Å². The number of aromatic amines is 1. The molecule has 0 aliphatic rings. The topological polar surface area (TPSA) is 66.0 Å². The number of hydrogen-bond donors (Lipinski definition) is 2. The van der Waals surface area contributed by atoms with Crippen LogP contribution in [-0.4, -0.2) is 21.0 Å². The van der Waals surface area contributed by atoms with E-state index in [0.717, 1.165) is 6.07 Å². The molecule has 0 amide bonds. The Labute approximate surface area is 82.3 Å². The second kappa shape index (κ2) is 2.95. The minimum Gasteiger partial charge on any atom is -0.475 e. The molecular weight excluding hydrogens is 211 g/mol. The summed E-state index contributed by atoms with van der Waals surface area (Å²) < 4.78 is 12.9. The lowest BCUT2D eigenvalue weighted by molar-refractivity contribution is 0.0685. The van der Waals surface area contributed by atoms with E-state index in [1.54, 1.807) is 0 Å². The summed E-state index contributed by atoms with van der Waals surface area (Å²) in [5.41, 5.74) is 0.526. The molecule has 14 heavy (non-hydrogen) atoms. The Morgan fingerprint density at radius 3 is 2.93 bits per heavy atom. The zero-order valence-electron chi connectivity index (χ0n) is 6.71. The first-order valence-corrected chi connectivity index (χ1v) is 4.04. The predicted octanol–water partition coefficient (Wildman–Crippen LogP) is 2.05. The van der Waals surface area contributed by atoms with E-state index in [9.17, 15) is 9.18 Å². The van der Waals surface area contributed by atoms with Crippen LogP contribution in [0, 0.1) is 5.82 Å². The quantitative estimate of drug-likeness (QED) is 0.764. The van der Waals surface area contributed by atoms with E-state index in [2.05, 4.69) is 9.97 Å². The largest absolute Gasteiger partial charge is 0.475 e. The van der Waals surface area contributed by atoms with E-state index >= 15 is 0 Å². The summed E-state index contributed by atoms with van der Waals surface area (Å²) in [5.74, 6) is -2.08. The maximum atomic E-state index is 12.9. The first kappa shape index (κ1) is 8.96. The van der Waals surface area contributed by atoms with Gasteiger partial charge in [0, 0.05) is 0 Å². The molecule has 0 saturated heterocycles. The first-order chi connectivity index (χ1) is 6.59. The van der Waals surface area contributed by atoms with Gasteiger partial charge in [0.25, 0.3) is 0 Å². The van der Waals surface area contributed by atoms with Gasteiger partial charge in [-0.25, -0.2) is 14.2 Å². The molecule has 0 spiro atoms. The molecule has 0 bridgehead atoms. The van der Waals surface area contributed by atoms with Gasteiger partial charge in [-0.15, -0.1) is 0 Å². The molecule has 1 heterocycles. The normalized spacial score (nSPS) is 10.7. The molecule has 6 heteroatoms. The number of nitrogens with zero attached hydrogens (tertiary/aromatic N) is 1. The van der Waals surface area contributed by atoms with E-state index < -0.39 is 11.8 Å². The fraction of sp³-hybridized carbons (Fsp3) is 0. The second-order valence-corrected chi connectivity index (χ2v) is 3.02. The predicted molar refractivity (Wildman–Crippen MR) is 48.0 cm³/mol. The van der Waals surface area contributed by atoms with E-state index in [1.807, 2.05) is 0 Å². The van der Waals surface area contributed by atoms with Crippen molar-refractivity contribution in [3.63, 3.8) is 0 Å². The number of rotatable bonds is 1. The molecule has 1 aromatic heterocycles. The monoisotopic (exact) mass is 214 g/mol. The summed E-state index contributed by atoms with van der Waals surface area (Å²) in [6.45, 7) is 0. The Kier molecular flexibility index (Phi) is 1.89. The molecular formula is C8H4ClFN2O2. The van der Waals surface area contributed by atoms with Crippen LogP contribution >= 0.6 is 11.6 Å². The van der Waals surface area contributed by atoms with Crippen LogP contribution < -0.4 is 0 Å². The highest BCUT2D eigenvalue weighted by Gasteiger charge is 2.13. The van der Waals surface area contributed by atoms with Crippen molar-refractivity contribution >= 4 is 28.6 Å². The van der Waals surface area contributed by atoms with Crippen molar-refractivity contribution in [1.82, 2.24) is 9.97 Å². The van der Waals surface area contributed by atoms with Gasteiger partial charge < -0.3 is 10.1 Å². The number of carboxylic acids is 1. The number of fused-ring (bicyclic) bond motifs is 1. The molecule has 0 aliphatic carbocycles. The van der Waals surface area contributed by atoms with Gasteiger partial charge in [-0.3, -0.25) is 0 Å². The van der Waals surface area contributed by atoms with Crippen molar-refractivity contribution in [1.29, 1.82) is 0 Å². The average molecular weight is 215 g/mol. The molecule has 0 unspecified atom stereocenters. The molecule has 0 aliphatic heterocycles. The van der Waals surface area contributed by atoms with Crippen molar-refractivity contribution in [2.75, 3.05) is 0 Å². The van der Waals surface area contributed by atoms with Crippen molar-refractivity contribution in [2.45, 2.75) is 0 Å². The molecule has 72 valence electrons. The third-order valence-corrected chi connectivity index (χ3v) is 2.12. The number of aromatic nitrogens is 2. The average Bonchev–Trinajstić information content (AvgIpc) is 2.56. The number of aromatic carboxylic acids is 1. The van der Waals surface area contributed by atoms with Crippen LogP contribution in [0.3, 0.4) is 0 Å². The Bertz CT molecular complexity index is 523. The van der Waals surface area contributed by atoms with E-state index in [0.29, 0.717) is 5.52 Å². The Morgan fingerprint density at radius 1 is 1.57 bits per heavy atom. The zero-order valence-corrected chi connectivity index (χ0v) is 7.47. The van der Waals surface area contributed by atoms with Gasteiger partial charge in [-0.1, -0.05) is 11.6 Å². The Morgan fingerprint density at radius 2 is 2.29 bits per heavy atom. The molecule has 2 N–H and O–H groups in total. The Hall–Kier alpha value is -1.62. The summed E-state index contributed by atoms with van der Waals surface area (Å²) in [7, 11) is 0. The molecule has 1 aromatic carbocycles. The maximum Gasteiger partial charge on any atom is 0.371 e. The summed E-state index contributed by atoms with van der Waals surface area (Å²) in [5, 5.41) is 8.47. The third kappa shape index (κ3) is 1.22. The summed E-state index contributed by atoms with van der Waals surface area (Å²) in [6, 6.07) is 2.50. The highest BCUT2D eigenvalue weighted by molar-refractivity contribution is 6.35. The number of halogens is 2. The van der Waals surface area contributed by atoms with Crippen molar-refractivity contribution in [3.8, 4) is 0 Å². The highest BCUT2D eigenvalue weighted by Crippen LogP contribution is 2.24. The minimum absolute atomic E-state index is 0.150. The molecule has 0 atom stereocenters. The number of nitrogens with one attached hydrogen (secondary N) is 1. The lowest BCUT2D eigenvalue weighted by Crippen LogP contribution is -1.97. The standard InChI is InChI=1S/C8H4ClFN2O2/c9-5-3(10)1-2-4-6(5)12-7(11-4)8(13)14/h1-2H,(H,11,12)(H,13,14). The van der Waals surface area contributed by atoms with Crippen LogP contribution in [0.4, 0.5) is 4.39 Å². The highest BCUT2D eigenvalue weighted by atomic mass is 35.5. The van der Waals surface area contributed by atoms with Gasteiger partial charge in [0.05, 0.1) is 11.0 Å². The van der Waals surface area contributed by atoms with Gasteiger partial charge in [0.1, 0.15) is 10.8 Å². The van der Waals surface area contributed by atoms with Crippen LogP contribution in [0.5, 0.6) is 0 Å². The molecule has 4 nitrogen and oxygen atoms in total.